The Bertz CT molecular complexity index is 1910. The quantitative estimate of drug-likeness (QED) is 0.0295. The van der Waals surface area contributed by atoms with Gasteiger partial charge < -0.3 is 86.5 Å². The monoisotopic (exact) mass is 1140 g/mol. The Balaban J connectivity index is 2.41. The lowest BCUT2D eigenvalue weighted by molar-refractivity contribution is -0.332. The number of aliphatic hydroxyl groups is 11. The molecule has 2 rings (SSSR count). The molecule has 22 atom stereocenters. The molecule has 0 saturated carbocycles. The summed E-state index contributed by atoms with van der Waals surface area (Å²) in [5.74, 6) is -9.11. The van der Waals surface area contributed by atoms with Gasteiger partial charge in [0.25, 0.3) is 0 Å². The number of ether oxygens (including phenoxy) is 3. The molecule has 1 saturated heterocycles. The lowest BCUT2D eigenvalue weighted by Gasteiger charge is -2.45. The number of aliphatic carboxylic acids is 1. The molecule has 2 heterocycles. The Morgan fingerprint density at radius 2 is 1.44 bits per heavy atom. The van der Waals surface area contributed by atoms with Crippen LogP contribution in [-0.4, -0.2) is 184 Å². The number of rotatable bonds is 14. The minimum atomic E-state index is -2.52. The summed E-state index contributed by atoms with van der Waals surface area (Å²) in [6, 6.07) is 0. The van der Waals surface area contributed by atoms with Crippen LogP contribution in [0.3, 0.4) is 0 Å². The molecule has 21 heteroatoms. The van der Waals surface area contributed by atoms with E-state index in [1.54, 1.807) is 53.8 Å². The van der Waals surface area contributed by atoms with E-state index in [0.717, 1.165) is 45.1 Å². The van der Waals surface area contributed by atoms with Crippen molar-refractivity contribution in [3.05, 3.63) is 36.5 Å². The fraction of sp³-hybridized carbons (Fsp3) is 0.831. The van der Waals surface area contributed by atoms with E-state index in [0.29, 0.717) is 18.3 Å². The maximum Gasteiger partial charge on any atom is 0.317 e. The fourth-order valence-corrected chi connectivity index (χ4v) is 11.0. The topological polar surface area (TPSA) is 372 Å². The summed E-state index contributed by atoms with van der Waals surface area (Å²) in [6.45, 7) is 15.1. The van der Waals surface area contributed by atoms with Crippen LogP contribution in [0.2, 0.25) is 0 Å². The molecule has 2 aliphatic rings. The van der Waals surface area contributed by atoms with Crippen molar-refractivity contribution in [2.24, 2.45) is 58.1 Å². The van der Waals surface area contributed by atoms with E-state index in [-0.39, 0.29) is 63.2 Å². The third-order valence-corrected chi connectivity index (χ3v) is 16.5. The molecule has 21 nitrogen and oxygen atoms in total. The van der Waals surface area contributed by atoms with Crippen LogP contribution < -0.4 is 11.1 Å². The maximum atomic E-state index is 13.9. The first-order valence-corrected chi connectivity index (χ1v) is 29.3. The van der Waals surface area contributed by atoms with Gasteiger partial charge in [-0.3, -0.25) is 19.4 Å². The van der Waals surface area contributed by atoms with Gasteiger partial charge in [-0.15, -0.1) is 0 Å². The minimum Gasteiger partial charge on any atom is -0.481 e. The Morgan fingerprint density at radius 3 is 2.09 bits per heavy atom. The Kier molecular flexibility index (Phi) is 33.4. The number of esters is 2. The first-order valence-electron chi connectivity index (χ1n) is 29.3. The number of allylic oxidation sites excluding steroid dienone is 4. The molecule has 2 aliphatic heterocycles. The smallest absolute Gasteiger partial charge is 0.317 e. The van der Waals surface area contributed by atoms with Crippen molar-refractivity contribution in [1.29, 1.82) is 0 Å². The second-order valence-corrected chi connectivity index (χ2v) is 23.7. The average molecular weight is 1140 g/mol. The number of nitrogens with two attached hydrogens (primary N) is 1. The van der Waals surface area contributed by atoms with Crippen LogP contribution in [0, 0.1) is 47.3 Å². The van der Waals surface area contributed by atoms with Gasteiger partial charge in [0.1, 0.15) is 24.7 Å². The van der Waals surface area contributed by atoms with Gasteiger partial charge in [-0.25, -0.2) is 0 Å². The van der Waals surface area contributed by atoms with Crippen molar-refractivity contribution in [2.45, 2.75) is 250 Å². The van der Waals surface area contributed by atoms with Crippen molar-refractivity contribution in [3.8, 4) is 0 Å². The van der Waals surface area contributed by atoms with E-state index in [4.69, 9.17) is 19.9 Å². The van der Waals surface area contributed by atoms with Gasteiger partial charge in [0.15, 0.2) is 11.7 Å². The van der Waals surface area contributed by atoms with Gasteiger partial charge in [0.2, 0.25) is 0 Å². The van der Waals surface area contributed by atoms with Crippen LogP contribution in [0.25, 0.3) is 0 Å². The van der Waals surface area contributed by atoms with Crippen LogP contribution in [0.4, 0.5) is 0 Å². The van der Waals surface area contributed by atoms with Crippen molar-refractivity contribution in [3.63, 3.8) is 0 Å². The number of guanidine groups is 1. The van der Waals surface area contributed by atoms with Crippen LogP contribution in [0.15, 0.2) is 41.4 Å². The molecule has 0 spiro atoms. The molecule has 2 bridgehead atoms. The van der Waals surface area contributed by atoms with Crippen LogP contribution >= 0.6 is 0 Å². The normalized spacial score (nSPS) is 38.7. The van der Waals surface area contributed by atoms with Crippen LogP contribution in [-0.2, 0) is 28.6 Å². The van der Waals surface area contributed by atoms with Gasteiger partial charge in [-0.1, -0.05) is 91.3 Å². The highest BCUT2D eigenvalue weighted by atomic mass is 16.7. The number of hydrogen-bond acceptors (Lipinski definition) is 18. The van der Waals surface area contributed by atoms with E-state index >= 15 is 0 Å². The summed E-state index contributed by atoms with van der Waals surface area (Å²) >= 11 is 0. The number of nitrogens with one attached hydrogen (secondary N) is 1. The standard InChI is InChI=1S/C59H105N3O18/c1-34(19-14-12-10-11-13-17-26-62-58(60)61-9)27-37(4)55-36(3)20-15-16-22-46(65)38(5)49(68)29-43(64)28-44(78-52(72)32-51(70)71)30-45-31-50(69)56(75)59(77,80-45)33-42(63)21-18-23-47(66)39(6)54(74)41(8)53(73)35(2)24-25-48(67)40(7)57(76)79-55/h10-11,15-16,20,22,34-50,53-56,63-69,73-75,77H,12-14,17-19,21,23-33H2,1-9H3,(H,70,71)(H3,60,61,62)/b11-10+,20-15+,22-16+. The molecule has 22 unspecified atom stereocenters. The minimum absolute atomic E-state index is 0.0182. The largest absolute Gasteiger partial charge is 0.481 e. The molecule has 0 amide bonds. The Labute approximate surface area is 475 Å². The number of unbranched alkanes of at least 4 members (excludes halogenated alkanes) is 2. The zero-order valence-electron chi connectivity index (χ0n) is 49.2. The number of nitrogens with zero attached hydrogens (tertiary/aromatic N) is 1. The molecule has 0 aromatic rings. The number of carbonyl (C=O) groups is 3. The summed E-state index contributed by atoms with van der Waals surface area (Å²) in [5.41, 5.74) is 5.69. The molecule has 80 heavy (non-hydrogen) atoms. The molecule has 0 aromatic heterocycles. The predicted molar refractivity (Wildman–Crippen MR) is 302 cm³/mol. The van der Waals surface area contributed by atoms with Gasteiger partial charge in [-0.2, -0.15) is 0 Å². The van der Waals surface area contributed by atoms with Crippen molar-refractivity contribution < 1.29 is 89.9 Å². The summed E-state index contributed by atoms with van der Waals surface area (Å²) in [5, 5.41) is 135. The van der Waals surface area contributed by atoms with E-state index in [1.165, 1.54) is 6.08 Å². The SMILES string of the molecule is CN=C(N)NCCC/C=C/CCCC(C)CC(C)C1OC(=O)C(C)C(O)CCC(C)C(O)C(C)C(O)C(C)C(O)CCCC(O)CC2(O)OC(CC(OC(=O)CC(=O)O)CC(O)CC(O)C(C)C(O)/C=C/C=C/C1C)CC(O)C2O. The highest BCUT2D eigenvalue weighted by molar-refractivity contribution is 5.90. The number of hydrogen-bond donors (Lipinski definition) is 14. The van der Waals surface area contributed by atoms with E-state index in [9.17, 15) is 75.7 Å². The highest BCUT2D eigenvalue weighted by Gasteiger charge is 2.50. The molecule has 15 N–H and O–H groups in total. The average Bonchev–Trinajstić information content (AvgIpc) is 3.40. The lowest BCUT2D eigenvalue weighted by atomic mass is 9.79. The number of carboxylic acids is 1. The number of aliphatic hydroxyl groups excluding tert-OH is 10. The second kappa shape index (κ2) is 36.9. The van der Waals surface area contributed by atoms with Gasteiger partial charge in [-0.05, 0) is 95.3 Å². The van der Waals surface area contributed by atoms with Gasteiger partial charge >= 0.3 is 17.9 Å². The Hall–Kier alpha value is -3.58. The van der Waals surface area contributed by atoms with E-state index in [1.807, 2.05) is 19.9 Å². The number of carboxylic acid groups (broad SMARTS) is 1. The Morgan fingerprint density at radius 1 is 0.787 bits per heavy atom. The van der Waals surface area contributed by atoms with Crippen LogP contribution in [0.1, 0.15) is 165 Å². The number of cyclic esters (lactones) is 1. The number of fused-ring (bicyclic) bond motifs is 2. The fourth-order valence-electron chi connectivity index (χ4n) is 11.0. The summed E-state index contributed by atoms with van der Waals surface area (Å²) in [4.78, 5) is 41.8. The van der Waals surface area contributed by atoms with E-state index < -0.39 is 145 Å². The first-order chi connectivity index (χ1) is 37.5. The maximum absolute atomic E-state index is 13.9. The van der Waals surface area contributed by atoms with E-state index in [2.05, 4.69) is 29.4 Å². The third kappa shape index (κ3) is 25.9. The summed E-state index contributed by atoms with van der Waals surface area (Å²) in [7, 11) is 1.63. The van der Waals surface area contributed by atoms with Gasteiger partial charge in [0.05, 0.1) is 67.0 Å². The predicted octanol–water partition coefficient (Wildman–Crippen LogP) is 3.53. The molecule has 0 aliphatic carbocycles. The lowest BCUT2D eigenvalue weighted by Crippen LogP contribution is -2.59. The first kappa shape index (κ1) is 72.5. The third-order valence-electron chi connectivity index (χ3n) is 16.5. The molecule has 464 valence electrons. The van der Waals surface area contributed by atoms with Crippen molar-refractivity contribution in [1.82, 2.24) is 5.32 Å². The summed E-state index contributed by atoms with van der Waals surface area (Å²) in [6.07, 6.45) is -2.00. The van der Waals surface area contributed by atoms with Gasteiger partial charge in [0, 0.05) is 62.9 Å². The molecule has 0 aromatic carbocycles. The second-order valence-electron chi connectivity index (χ2n) is 23.7. The van der Waals surface area contributed by atoms with Crippen molar-refractivity contribution >= 4 is 23.9 Å². The zero-order chi connectivity index (χ0) is 60.4. The zero-order valence-corrected chi connectivity index (χ0v) is 49.2. The number of aliphatic imine (C=N–C) groups is 1. The molecule has 1 fully saturated rings. The van der Waals surface area contributed by atoms with Crippen LogP contribution in [0.5, 0.6) is 0 Å². The van der Waals surface area contributed by atoms with Crippen molar-refractivity contribution in [2.75, 3.05) is 13.6 Å². The molecular formula is C59H105N3O18. The number of carbonyl (C=O) groups excluding carboxylic acids is 2. The summed E-state index contributed by atoms with van der Waals surface area (Å²) < 4.78 is 17.5. The molecule has 0 radical (unpaired) electrons. The highest BCUT2D eigenvalue weighted by Crippen LogP contribution is 2.36. The molecular weight excluding hydrogens is 1040 g/mol.